The summed E-state index contributed by atoms with van der Waals surface area (Å²) in [6.45, 7) is 12.2. The lowest BCUT2D eigenvalue weighted by molar-refractivity contribution is 0.0114. The molecule has 0 aromatic carbocycles. The van der Waals surface area contributed by atoms with Crippen molar-refractivity contribution >= 4 is 0 Å². The van der Waals surface area contributed by atoms with Gasteiger partial charge in [0.2, 0.25) is 0 Å². The van der Waals surface area contributed by atoms with E-state index in [1.807, 2.05) is 6.92 Å². The first-order valence-corrected chi connectivity index (χ1v) is 8.33. The largest absolute Gasteiger partial charge is 0.465 e. The van der Waals surface area contributed by atoms with Gasteiger partial charge >= 0.3 is 0 Å². The molecule has 1 N–H and O–H groups in total. The monoisotopic (exact) mass is 294 g/mol. The third kappa shape index (κ3) is 4.83. The van der Waals surface area contributed by atoms with Crippen molar-refractivity contribution in [3.8, 4) is 0 Å². The zero-order valence-corrected chi connectivity index (χ0v) is 13.7. The molecule has 1 atom stereocenters. The number of aryl methyl sites for hydroxylation is 1. The van der Waals surface area contributed by atoms with Crippen LogP contribution in [0.2, 0.25) is 0 Å². The van der Waals surface area contributed by atoms with E-state index in [1.165, 1.54) is 12.8 Å². The molecule has 0 spiro atoms. The van der Waals surface area contributed by atoms with Gasteiger partial charge in [-0.3, -0.25) is 4.90 Å². The van der Waals surface area contributed by atoms with Gasteiger partial charge in [0.05, 0.1) is 19.3 Å². The molecule has 1 fully saturated rings. The first-order chi connectivity index (χ1) is 10.2. The third-order valence-electron chi connectivity index (χ3n) is 4.50. The van der Waals surface area contributed by atoms with Gasteiger partial charge in [0, 0.05) is 19.6 Å². The summed E-state index contributed by atoms with van der Waals surface area (Å²) in [6, 6.07) is 4.50. The molecular weight excluding hydrogens is 264 g/mol. The highest BCUT2D eigenvalue weighted by Crippen LogP contribution is 2.23. The van der Waals surface area contributed by atoms with Crippen molar-refractivity contribution in [2.75, 3.05) is 39.4 Å². The molecule has 120 valence electrons. The summed E-state index contributed by atoms with van der Waals surface area (Å²) in [5, 5.41) is 3.65. The number of hydrogen-bond donors (Lipinski definition) is 1. The van der Waals surface area contributed by atoms with E-state index in [4.69, 9.17) is 9.15 Å². The molecule has 4 heteroatoms. The summed E-state index contributed by atoms with van der Waals surface area (Å²) in [7, 11) is 0. The van der Waals surface area contributed by atoms with Gasteiger partial charge in [-0.05, 0) is 31.5 Å². The molecule has 2 rings (SSSR count). The lowest BCUT2D eigenvalue weighted by Crippen LogP contribution is -2.43. The average molecular weight is 294 g/mol. The number of nitrogens with one attached hydrogen (secondary N) is 1. The Kier molecular flexibility index (Phi) is 6.74. The van der Waals surface area contributed by atoms with Gasteiger partial charge in [0.25, 0.3) is 0 Å². The Labute approximate surface area is 128 Å². The second-order valence-corrected chi connectivity index (χ2v) is 5.95. The summed E-state index contributed by atoms with van der Waals surface area (Å²) < 4.78 is 11.4. The maximum atomic E-state index is 5.89. The highest BCUT2D eigenvalue weighted by atomic mass is 16.5. The van der Waals surface area contributed by atoms with Crippen molar-refractivity contribution < 1.29 is 9.15 Å². The minimum Gasteiger partial charge on any atom is -0.465 e. The van der Waals surface area contributed by atoms with Crippen LogP contribution in [0.15, 0.2) is 16.5 Å². The maximum absolute atomic E-state index is 5.89. The molecule has 4 nitrogen and oxygen atoms in total. The summed E-state index contributed by atoms with van der Waals surface area (Å²) in [5.41, 5.74) is 0. The third-order valence-corrected chi connectivity index (χ3v) is 4.50. The highest BCUT2D eigenvalue weighted by molar-refractivity contribution is 5.10. The molecule has 1 aromatic heterocycles. The molecule has 0 radical (unpaired) electrons. The fraction of sp³-hybridized carbons (Fsp3) is 0.765. The van der Waals surface area contributed by atoms with Crippen LogP contribution in [0, 0.1) is 12.8 Å². The fourth-order valence-electron chi connectivity index (χ4n) is 2.93. The van der Waals surface area contributed by atoms with Crippen LogP contribution in [0.4, 0.5) is 0 Å². The minimum atomic E-state index is 0.317. The topological polar surface area (TPSA) is 37.6 Å². The van der Waals surface area contributed by atoms with E-state index in [0.29, 0.717) is 6.04 Å². The first-order valence-electron chi connectivity index (χ1n) is 8.33. The van der Waals surface area contributed by atoms with Gasteiger partial charge in [-0.15, -0.1) is 0 Å². The molecule has 0 aliphatic carbocycles. The Balaban J connectivity index is 1.95. The minimum absolute atomic E-state index is 0.317. The average Bonchev–Trinajstić information content (AvgIpc) is 2.95. The van der Waals surface area contributed by atoms with E-state index in [0.717, 1.165) is 56.8 Å². The second kappa shape index (κ2) is 8.57. The van der Waals surface area contributed by atoms with Gasteiger partial charge < -0.3 is 14.5 Å². The zero-order valence-electron chi connectivity index (χ0n) is 13.7. The lowest BCUT2D eigenvalue weighted by atomic mass is 10.0. The predicted octanol–water partition coefficient (Wildman–Crippen LogP) is 2.99. The molecule has 1 unspecified atom stereocenters. The smallest absolute Gasteiger partial charge is 0.122 e. The standard InChI is InChI=1S/C17H30N2O2/c1-4-15(5-2)12-18-13-16(17-7-6-14(3)21-17)19-8-10-20-11-9-19/h6-7,15-16,18H,4-5,8-13H2,1-3H3. The Morgan fingerprint density at radius 2 is 1.86 bits per heavy atom. The summed E-state index contributed by atoms with van der Waals surface area (Å²) in [4.78, 5) is 2.47. The molecule has 1 saturated heterocycles. The Morgan fingerprint density at radius 3 is 2.43 bits per heavy atom. The molecule has 1 aromatic rings. The van der Waals surface area contributed by atoms with Gasteiger partial charge in [0.15, 0.2) is 0 Å². The van der Waals surface area contributed by atoms with E-state index in [9.17, 15) is 0 Å². The second-order valence-electron chi connectivity index (χ2n) is 5.95. The Hall–Kier alpha value is -0.840. The van der Waals surface area contributed by atoms with E-state index in [2.05, 4.69) is 36.2 Å². The fourth-order valence-corrected chi connectivity index (χ4v) is 2.93. The molecular formula is C17H30N2O2. The molecule has 21 heavy (non-hydrogen) atoms. The number of rotatable bonds is 8. The first kappa shape index (κ1) is 16.5. The van der Waals surface area contributed by atoms with Crippen molar-refractivity contribution in [2.24, 2.45) is 5.92 Å². The molecule has 2 heterocycles. The number of furan rings is 1. The number of ether oxygens (including phenoxy) is 1. The van der Waals surface area contributed by atoms with E-state index in [-0.39, 0.29) is 0 Å². The maximum Gasteiger partial charge on any atom is 0.122 e. The van der Waals surface area contributed by atoms with E-state index < -0.39 is 0 Å². The van der Waals surface area contributed by atoms with Crippen molar-refractivity contribution in [1.29, 1.82) is 0 Å². The van der Waals surface area contributed by atoms with Gasteiger partial charge in [0.1, 0.15) is 11.5 Å². The lowest BCUT2D eigenvalue weighted by Gasteiger charge is -2.33. The molecule has 1 aliphatic heterocycles. The van der Waals surface area contributed by atoms with Crippen molar-refractivity contribution in [2.45, 2.75) is 39.7 Å². The van der Waals surface area contributed by atoms with Gasteiger partial charge in [-0.25, -0.2) is 0 Å². The van der Waals surface area contributed by atoms with Crippen LogP contribution in [0.3, 0.4) is 0 Å². The normalized spacial score (nSPS) is 18.3. The van der Waals surface area contributed by atoms with Crippen LogP contribution in [-0.2, 0) is 4.74 Å². The van der Waals surface area contributed by atoms with Crippen LogP contribution in [0.5, 0.6) is 0 Å². The summed E-state index contributed by atoms with van der Waals surface area (Å²) >= 11 is 0. The number of hydrogen-bond acceptors (Lipinski definition) is 4. The quantitative estimate of drug-likeness (QED) is 0.800. The SMILES string of the molecule is CCC(CC)CNCC(c1ccc(C)o1)N1CCOCC1. The highest BCUT2D eigenvalue weighted by Gasteiger charge is 2.25. The van der Waals surface area contributed by atoms with Crippen LogP contribution in [0.25, 0.3) is 0 Å². The molecule has 1 aliphatic rings. The van der Waals surface area contributed by atoms with Crippen LogP contribution in [-0.4, -0.2) is 44.3 Å². The molecule has 0 bridgehead atoms. The predicted molar refractivity (Wildman–Crippen MR) is 85.5 cm³/mol. The number of nitrogens with zero attached hydrogens (tertiary/aromatic N) is 1. The number of morpholine rings is 1. The van der Waals surface area contributed by atoms with Crippen molar-refractivity contribution in [3.05, 3.63) is 23.7 Å². The molecule has 0 saturated carbocycles. The van der Waals surface area contributed by atoms with Crippen molar-refractivity contribution in [1.82, 2.24) is 10.2 Å². The Morgan fingerprint density at radius 1 is 1.14 bits per heavy atom. The van der Waals surface area contributed by atoms with Crippen LogP contribution >= 0.6 is 0 Å². The van der Waals surface area contributed by atoms with Crippen LogP contribution in [0.1, 0.15) is 44.3 Å². The summed E-state index contributed by atoms with van der Waals surface area (Å²) in [6.07, 6.45) is 2.48. The van der Waals surface area contributed by atoms with Gasteiger partial charge in [-0.2, -0.15) is 0 Å². The zero-order chi connectivity index (χ0) is 15.1. The van der Waals surface area contributed by atoms with Crippen molar-refractivity contribution in [3.63, 3.8) is 0 Å². The Bertz CT molecular complexity index is 395. The van der Waals surface area contributed by atoms with Crippen LogP contribution < -0.4 is 5.32 Å². The van der Waals surface area contributed by atoms with E-state index in [1.54, 1.807) is 0 Å². The molecule has 0 amide bonds. The summed E-state index contributed by atoms with van der Waals surface area (Å²) in [5.74, 6) is 2.84. The van der Waals surface area contributed by atoms with Gasteiger partial charge in [-0.1, -0.05) is 26.7 Å². The van der Waals surface area contributed by atoms with E-state index >= 15 is 0 Å².